The molecule has 0 aliphatic carbocycles. The molecule has 114 valence electrons. The predicted octanol–water partition coefficient (Wildman–Crippen LogP) is 3.53. The van der Waals surface area contributed by atoms with Crippen molar-refractivity contribution in [1.29, 1.82) is 5.26 Å². The van der Waals surface area contributed by atoms with Gasteiger partial charge in [0.05, 0.1) is 32.5 Å². The first-order chi connectivity index (χ1) is 10.6. The Morgan fingerprint density at radius 2 is 1.50 bits per heavy atom. The van der Waals surface area contributed by atoms with Gasteiger partial charge in [-0.3, -0.25) is 0 Å². The van der Waals surface area contributed by atoms with Gasteiger partial charge < -0.3 is 14.2 Å². The highest BCUT2D eigenvalue weighted by Crippen LogP contribution is 2.43. The highest BCUT2D eigenvalue weighted by atomic mass is 19.2. The van der Waals surface area contributed by atoms with Gasteiger partial charge in [-0.05, 0) is 12.1 Å². The third kappa shape index (κ3) is 2.53. The fraction of sp³-hybridized carbons (Fsp3) is 0.188. The second kappa shape index (κ2) is 6.31. The smallest absolute Gasteiger partial charge is 0.177 e. The lowest BCUT2D eigenvalue weighted by Gasteiger charge is -2.16. The Labute approximate surface area is 126 Å². The summed E-state index contributed by atoms with van der Waals surface area (Å²) in [4.78, 5) is 0. The fourth-order valence-electron chi connectivity index (χ4n) is 2.10. The maximum Gasteiger partial charge on any atom is 0.177 e. The molecule has 0 saturated carbocycles. The number of hydrogen-bond acceptors (Lipinski definition) is 4. The summed E-state index contributed by atoms with van der Waals surface area (Å²) in [5.41, 5.74) is -0.188. The summed E-state index contributed by atoms with van der Waals surface area (Å²) in [5.74, 6) is -1.37. The van der Waals surface area contributed by atoms with Gasteiger partial charge in [0.25, 0.3) is 0 Å². The van der Waals surface area contributed by atoms with E-state index in [2.05, 4.69) is 0 Å². The van der Waals surface area contributed by atoms with Crippen LogP contribution in [0.2, 0.25) is 0 Å². The minimum absolute atomic E-state index is 0.0622. The predicted molar refractivity (Wildman–Crippen MR) is 76.2 cm³/mol. The van der Waals surface area contributed by atoms with E-state index in [9.17, 15) is 8.78 Å². The van der Waals surface area contributed by atoms with E-state index in [1.165, 1.54) is 45.6 Å². The average molecular weight is 305 g/mol. The Morgan fingerprint density at radius 3 is 1.95 bits per heavy atom. The summed E-state index contributed by atoms with van der Waals surface area (Å²) >= 11 is 0. The first kappa shape index (κ1) is 15.6. The van der Waals surface area contributed by atoms with Gasteiger partial charge in [-0.25, -0.2) is 8.78 Å². The lowest BCUT2D eigenvalue weighted by Crippen LogP contribution is -1.99. The lowest BCUT2D eigenvalue weighted by molar-refractivity contribution is 0.377. The number of halogens is 2. The summed E-state index contributed by atoms with van der Waals surface area (Å²) in [5, 5.41) is 8.75. The number of methoxy groups -OCH3 is 3. The molecule has 0 aliphatic heterocycles. The van der Waals surface area contributed by atoms with Gasteiger partial charge in [0.1, 0.15) is 23.3 Å². The Hall–Kier alpha value is -2.81. The van der Waals surface area contributed by atoms with E-state index < -0.39 is 11.6 Å². The fourth-order valence-corrected chi connectivity index (χ4v) is 2.10. The second-order valence-corrected chi connectivity index (χ2v) is 4.31. The quantitative estimate of drug-likeness (QED) is 0.867. The molecule has 0 heterocycles. The standard InChI is InChI=1S/C16H13F2NO3/c1-20-10-6-12(21-2)14(13(7-10)22-3)11-5-4-9(8-19)15(17)16(11)18/h4-7H,1-3H3. The molecule has 2 rings (SSSR count). The SMILES string of the molecule is COc1cc(OC)c(-c2ccc(C#N)c(F)c2F)c(OC)c1. The zero-order chi connectivity index (χ0) is 16.3. The third-order valence-electron chi connectivity index (χ3n) is 3.19. The van der Waals surface area contributed by atoms with Crippen LogP contribution in [0, 0.1) is 23.0 Å². The van der Waals surface area contributed by atoms with Crippen LogP contribution in [0.3, 0.4) is 0 Å². The molecule has 2 aromatic rings. The molecule has 0 amide bonds. The molecule has 22 heavy (non-hydrogen) atoms. The van der Waals surface area contributed by atoms with E-state index >= 15 is 0 Å². The van der Waals surface area contributed by atoms with Crippen LogP contribution in [0.15, 0.2) is 24.3 Å². The molecule has 0 radical (unpaired) electrons. The van der Waals surface area contributed by atoms with E-state index in [4.69, 9.17) is 19.5 Å². The van der Waals surface area contributed by atoms with E-state index in [1.54, 1.807) is 6.07 Å². The molecule has 0 aromatic heterocycles. The van der Waals surface area contributed by atoms with E-state index in [0.29, 0.717) is 5.75 Å². The molecule has 0 spiro atoms. The van der Waals surface area contributed by atoms with Gasteiger partial charge in [-0.2, -0.15) is 5.26 Å². The molecule has 0 atom stereocenters. The first-order valence-electron chi connectivity index (χ1n) is 6.25. The van der Waals surface area contributed by atoms with Gasteiger partial charge in [-0.1, -0.05) is 0 Å². The Bertz CT molecular complexity index is 729. The highest BCUT2D eigenvalue weighted by Gasteiger charge is 2.22. The van der Waals surface area contributed by atoms with Crippen molar-refractivity contribution in [3.8, 4) is 34.4 Å². The molecule has 0 N–H and O–H groups in total. The van der Waals surface area contributed by atoms with Gasteiger partial charge in [-0.15, -0.1) is 0 Å². The molecule has 2 aromatic carbocycles. The third-order valence-corrected chi connectivity index (χ3v) is 3.19. The molecule has 4 nitrogen and oxygen atoms in total. The second-order valence-electron chi connectivity index (χ2n) is 4.31. The van der Waals surface area contributed by atoms with Crippen LogP contribution in [0.4, 0.5) is 8.78 Å². The summed E-state index contributed by atoms with van der Waals surface area (Å²) in [7, 11) is 4.26. The van der Waals surface area contributed by atoms with Gasteiger partial charge in [0.2, 0.25) is 0 Å². The summed E-state index contributed by atoms with van der Waals surface area (Å²) in [6.07, 6.45) is 0. The van der Waals surface area contributed by atoms with Gasteiger partial charge in [0, 0.05) is 17.7 Å². The largest absolute Gasteiger partial charge is 0.496 e. The number of nitrogens with zero attached hydrogens (tertiary/aromatic N) is 1. The van der Waals surface area contributed by atoms with Crippen molar-refractivity contribution in [3.63, 3.8) is 0 Å². The minimum atomic E-state index is -1.21. The normalized spacial score (nSPS) is 10.0. The molecule has 0 aliphatic rings. The summed E-state index contributed by atoms with van der Waals surface area (Å²) in [6.45, 7) is 0. The Kier molecular flexibility index (Phi) is 4.47. The van der Waals surface area contributed by atoms with Crippen LogP contribution in [0.1, 0.15) is 5.56 Å². The minimum Gasteiger partial charge on any atom is -0.496 e. The van der Waals surface area contributed by atoms with Crippen LogP contribution >= 0.6 is 0 Å². The van der Waals surface area contributed by atoms with Crippen molar-refractivity contribution in [2.24, 2.45) is 0 Å². The lowest BCUT2D eigenvalue weighted by atomic mass is 10.0. The van der Waals surface area contributed by atoms with Crippen LogP contribution < -0.4 is 14.2 Å². The summed E-state index contributed by atoms with van der Waals surface area (Å²) < 4.78 is 43.7. The molecule has 0 fully saturated rings. The van der Waals surface area contributed by atoms with Crippen molar-refractivity contribution in [3.05, 3.63) is 41.5 Å². The Balaban J connectivity index is 2.77. The summed E-state index contributed by atoms with van der Waals surface area (Å²) in [6, 6.07) is 7.18. The molecule has 0 unspecified atom stereocenters. The number of benzene rings is 2. The average Bonchev–Trinajstić information content (AvgIpc) is 2.56. The van der Waals surface area contributed by atoms with Crippen LogP contribution in [-0.4, -0.2) is 21.3 Å². The number of hydrogen-bond donors (Lipinski definition) is 0. The van der Waals surface area contributed by atoms with E-state index in [0.717, 1.165) is 0 Å². The van der Waals surface area contributed by atoms with E-state index in [1.807, 2.05) is 0 Å². The maximum atomic E-state index is 14.3. The van der Waals surface area contributed by atoms with Crippen molar-refractivity contribution < 1.29 is 23.0 Å². The number of ether oxygens (including phenoxy) is 3. The van der Waals surface area contributed by atoms with Gasteiger partial charge in [0.15, 0.2) is 11.6 Å². The maximum absolute atomic E-state index is 14.3. The van der Waals surface area contributed by atoms with Crippen LogP contribution in [0.5, 0.6) is 17.2 Å². The van der Waals surface area contributed by atoms with Crippen molar-refractivity contribution >= 4 is 0 Å². The van der Waals surface area contributed by atoms with Crippen molar-refractivity contribution in [2.75, 3.05) is 21.3 Å². The molecular formula is C16H13F2NO3. The number of nitriles is 1. The highest BCUT2D eigenvalue weighted by molar-refractivity contribution is 5.79. The molecule has 0 saturated heterocycles. The van der Waals surface area contributed by atoms with Crippen LogP contribution in [-0.2, 0) is 0 Å². The van der Waals surface area contributed by atoms with Crippen LogP contribution in [0.25, 0.3) is 11.1 Å². The zero-order valence-electron chi connectivity index (χ0n) is 12.2. The van der Waals surface area contributed by atoms with Crippen molar-refractivity contribution in [1.82, 2.24) is 0 Å². The molecule has 0 bridgehead atoms. The Morgan fingerprint density at radius 1 is 0.909 bits per heavy atom. The zero-order valence-corrected chi connectivity index (χ0v) is 12.2. The monoisotopic (exact) mass is 305 g/mol. The molecular weight excluding hydrogens is 292 g/mol. The first-order valence-corrected chi connectivity index (χ1v) is 6.25. The van der Waals surface area contributed by atoms with E-state index in [-0.39, 0.29) is 28.2 Å². The van der Waals surface area contributed by atoms with Crippen molar-refractivity contribution in [2.45, 2.75) is 0 Å². The number of rotatable bonds is 4. The topological polar surface area (TPSA) is 51.5 Å². The van der Waals surface area contributed by atoms with Gasteiger partial charge >= 0.3 is 0 Å². The molecule has 6 heteroatoms.